The molecule has 7 heterocycles. The molecule has 0 bridgehead atoms. The van der Waals surface area contributed by atoms with E-state index in [-0.39, 0.29) is 47.5 Å². The summed E-state index contributed by atoms with van der Waals surface area (Å²) in [5.74, 6) is 4.72. The topological polar surface area (TPSA) is 176 Å². The van der Waals surface area contributed by atoms with E-state index in [4.69, 9.17) is 28.4 Å². The molecule has 3 amide bonds. The van der Waals surface area contributed by atoms with Crippen molar-refractivity contribution in [2.24, 2.45) is 0 Å². The largest absolute Gasteiger partial charge is 0.493 e. The highest BCUT2D eigenvalue weighted by Gasteiger charge is 2.41. The lowest BCUT2D eigenvalue weighted by Gasteiger charge is -2.36. The third kappa shape index (κ3) is 21.5. The van der Waals surface area contributed by atoms with Crippen LogP contribution in [0, 0.1) is 11.6 Å². The van der Waals surface area contributed by atoms with Gasteiger partial charge in [-0.25, -0.2) is 13.8 Å². The van der Waals surface area contributed by atoms with Crippen LogP contribution in [-0.2, 0) is 32.7 Å². The minimum absolute atomic E-state index is 0.0769. The molecule has 1 saturated carbocycles. The molecule has 124 heavy (non-hydrogen) atoms. The molecule has 16 rings (SSSR count). The third-order valence-corrected chi connectivity index (χ3v) is 25.9. The Bertz CT molecular complexity index is 5000. The van der Waals surface area contributed by atoms with Crippen LogP contribution in [0.1, 0.15) is 166 Å². The van der Waals surface area contributed by atoms with Crippen molar-refractivity contribution in [3.63, 3.8) is 0 Å². The molecule has 1 aliphatic carbocycles. The van der Waals surface area contributed by atoms with Crippen molar-refractivity contribution < 1.29 is 51.6 Å². The second-order valence-corrected chi connectivity index (χ2v) is 33.1. The van der Waals surface area contributed by atoms with Gasteiger partial charge in [-0.05, 0) is 221 Å². The summed E-state index contributed by atoms with van der Waals surface area (Å²) in [5.41, 5.74) is 14.7. The monoisotopic (exact) mass is 1690 g/mol. The number of nitrogens with zero attached hydrogens (tertiary/aromatic N) is 11. The lowest BCUT2D eigenvalue weighted by atomic mass is 9.99. The predicted octanol–water partition coefficient (Wildman–Crippen LogP) is 16.2. The number of anilines is 4. The summed E-state index contributed by atoms with van der Waals surface area (Å²) < 4.78 is 60.2. The molecule has 4 fully saturated rings. The summed E-state index contributed by atoms with van der Waals surface area (Å²) in [6.45, 7) is 27.7. The molecular formula is C100H125F2N13O9. The first-order valence-electron chi connectivity index (χ1n) is 44.6. The summed E-state index contributed by atoms with van der Waals surface area (Å²) >= 11 is 0. The minimum Gasteiger partial charge on any atom is -0.493 e. The van der Waals surface area contributed by atoms with E-state index in [1.165, 1.54) is 42.0 Å². The molecule has 0 spiro atoms. The Balaban J connectivity index is 0.000000152. The Morgan fingerprint density at radius 2 is 0.782 bits per heavy atom. The van der Waals surface area contributed by atoms with Gasteiger partial charge < -0.3 is 83.2 Å². The van der Waals surface area contributed by atoms with E-state index in [2.05, 4.69) is 106 Å². The smallest absolute Gasteiger partial charge is 0.255 e. The summed E-state index contributed by atoms with van der Waals surface area (Å²) in [4.78, 5) is 69.7. The van der Waals surface area contributed by atoms with Gasteiger partial charge in [-0.2, -0.15) is 0 Å². The number of rotatable bonds is 36. The standard InChI is InChI=1S/C36H45FN4O3.C33H41FN4O3.C31H39N5O3/c1-4-38-19-21-39(22-20-38)33-8-5-7-30-31(33)25-41(36(30)42)32(27-12-17-34(43-2)35(23-27)44-3)9-6-18-40(29-15-16-29)24-26-10-13-28(37)14-11-26;1-4-36-17-19-37(20-18-36)30-8-5-7-27-28(30)23-38(33(27)39)29(25-12-15-31(40-2)32(21-25)41-3)9-6-16-35-22-24-10-13-26(34)14-11-24;1-4-34-17-19-35(20-18-34)27-10-7-9-24-25(27)22-36(31(24)37)26(11-8-16-33-30-12-5-6-15-32-30)23-13-14-28(38-2)29(21-23)39-3/h5,7-8,10-14,17,23,29,32H,4,6,9,15-16,18-22,24-25H2,1-3H3;5,7-8,10-15,21,29,35H,4,6,9,16-20,22-23H2,1-3H3;5-7,9-10,12-15,21,26H,4,8,11,16-20,22H2,1-3H3,(H,32,33)/t32-;29-;26-/m111/s1. The van der Waals surface area contributed by atoms with Gasteiger partial charge >= 0.3 is 0 Å². The molecule has 1 aromatic heterocycles. The lowest BCUT2D eigenvalue weighted by Crippen LogP contribution is -2.46. The fourth-order valence-corrected chi connectivity index (χ4v) is 18.6. The van der Waals surface area contributed by atoms with Gasteiger partial charge in [0.15, 0.2) is 34.5 Å². The molecule has 0 unspecified atom stereocenters. The van der Waals surface area contributed by atoms with Crippen LogP contribution in [0.5, 0.6) is 34.5 Å². The predicted molar refractivity (Wildman–Crippen MR) is 487 cm³/mol. The number of carbonyl (C=O) groups excluding carboxylic acids is 3. The van der Waals surface area contributed by atoms with Crippen molar-refractivity contribution in [3.05, 3.63) is 255 Å². The van der Waals surface area contributed by atoms with Crippen LogP contribution < -0.4 is 53.8 Å². The average Bonchev–Trinajstić information content (AvgIpc) is 1.62. The summed E-state index contributed by atoms with van der Waals surface area (Å²) in [7, 11) is 9.85. The average molecular weight is 1690 g/mol. The number of pyridine rings is 1. The summed E-state index contributed by atoms with van der Waals surface area (Å²) in [5, 5.41) is 6.87. The van der Waals surface area contributed by atoms with Gasteiger partial charge in [-0.1, -0.05) is 87.5 Å². The zero-order valence-corrected chi connectivity index (χ0v) is 73.9. The van der Waals surface area contributed by atoms with Crippen LogP contribution in [0.2, 0.25) is 0 Å². The van der Waals surface area contributed by atoms with Crippen molar-refractivity contribution in [2.45, 2.75) is 129 Å². The quantitative estimate of drug-likeness (QED) is 0.0354. The summed E-state index contributed by atoms with van der Waals surface area (Å²) in [6, 6.07) is 56.1. The van der Waals surface area contributed by atoms with E-state index in [9.17, 15) is 23.2 Å². The van der Waals surface area contributed by atoms with E-state index < -0.39 is 0 Å². The fourth-order valence-electron chi connectivity index (χ4n) is 18.6. The first kappa shape index (κ1) is 89.3. The number of fused-ring (bicyclic) bond motifs is 3. The molecule has 8 aromatic carbocycles. The number of hydrogen-bond acceptors (Lipinski definition) is 19. The number of halogens is 2. The van der Waals surface area contributed by atoms with Crippen molar-refractivity contribution in [3.8, 4) is 34.5 Å². The molecular weight excluding hydrogens is 1570 g/mol. The number of carbonyl (C=O) groups is 3. The third-order valence-electron chi connectivity index (χ3n) is 25.9. The minimum atomic E-state index is -0.228. The highest BCUT2D eigenvalue weighted by Crippen LogP contribution is 2.46. The molecule has 6 aliphatic heterocycles. The second kappa shape index (κ2) is 43.1. The zero-order chi connectivity index (χ0) is 86.6. The zero-order valence-electron chi connectivity index (χ0n) is 73.9. The van der Waals surface area contributed by atoms with E-state index in [1.54, 1.807) is 73.1 Å². The normalized spacial score (nSPS) is 16.7. The van der Waals surface area contributed by atoms with Crippen molar-refractivity contribution in [1.29, 1.82) is 0 Å². The van der Waals surface area contributed by atoms with Gasteiger partial charge in [0, 0.05) is 180 Å². The molecule has 2 N–H and O–H groups in total. The Kier molecular flexibility index (Phi) is 31.0. The Morgan fingerprint density at radius 3 is 1.14 bits per heavy atom. The van der Waals surface area contributed by atoms with Crippen LogP contribution in [-0.4, -0.2) is 224 Å². The van der Waals surface area contributed by atoms with Gasteiger partial charge in [0.2, 0.25) is 0 Å². The molecule has 9 aromatic rings. The van der Waals surface area contributed by atoms with Crippen LogP contribution in [0.25, 0.3) is 0 Å². The number of amides is 3. The van der Waals surface area contributed by atoms with Crippen LogP contribution in [0.4, 0.5) is 31.7 Å². The SMILES string of the molecule is CCN1CCN(c2cccc3c2CN([C@H](CCCN(Cc2ccc(F)cc2)C2CC2)c2ccc(OC)c(OC)c2)C3=O)CC1.CCN1CCN(c2cccc3c2CN([C@H](CCCNCc2ccc(F)cc2)c2ccc(OC)c(OC)c2)C3=O)CC1.CCN1CCN(c2cccc3c2CN([C@H](CCCNc2ccccn2)c2ccc(OC)c(OC)c2)C3=O)CC1. The second-order valence-electron chi connectivity index (χ2n) is 33.1. The maximum Gasteiger partial charge on any atom is 0.255 e. The number of methoxy groups -OCH3 is 6. The van der Waals surface area contributed by atoms with Gasteiger partial charge in [0.1, 0.15) is 17.5 Å². The number of likely N-dealkylation sites (N-methyl/N-ethyl adjacent to an activating group) is 3. The first-order valence-corrected chi connectivity index (χ1v) is 44.6. The number of hydrogen-bond donors (Lipinski definition) is 2. The van der Waals surface area contributed by atoms with Gasteiger partial charge in [0.25, 0.3) is 17.7 Å². The number of nitrogens with one attached hydrogen (secondary N) is 2. The highest BCUT2D eigenvalue weighted by atomic mass is 19.1. The van der Waals surface area contributed by atoms with Gasteiger partial charge in [-0.15, -0.1) is 0 Å². The van der Waals surface area contributed by atoms with E-state index in [1.807, 2.05) is 119 Å². The van der Waals surface area contributed by atoms with Gasteiger partial charge in [0.05, 0.1) is 60.8 Å². The highest BCUT2D eigenvalue weighted by molar-refractivity contribution is 6.02. The van der Waals surface area contributed by atoms with E-state index in [0.29, 0.717) is 66.7 Å². The number of benzene rings is 8. The molecule has 658 valence electrons. The molecule has 3 saturated heterocycles. The van der Waals surface area contributed by atoms with Crippen molar-refractivity contribution >= 4 is 40.6 Å². The van der Waals surface area contributed by atoms with Crippen LogP contribution >= 0.6 is 0 Å². The molecule has 3 atom stereocenters. The fraction of sp³-hybridized carbons (Fsp3) is 0.440. The van der Waals surface area contributed by atoms with Crippen LogP contribution in [0.3, 0.4) is 0 Å². The maximum atomic E-state index is 14.1. The molecule has 22 nitrogen and oxygen atoms in total. The molecule has 24 heteroatoms. The first-order chi connectivity index (χ1) is 60.6. The molecule has 0 radical (unpaired) electrons. The van der Waals surface area contributed by atoms with Crippen molar-refractivity contribution in [1.82, 2.24) is 44.6 Å². The lowest BCUT2D eigenvalue weighted by molar-refractivity contribution is 0.0678. The number of aromatic nitrogens is 1. The van der Waals surface area contributed by atoms with Crippen molar-refractivity contribution in [2.75, 3.05) is 180 Å². The summed E-state index contributed by atoms with van der Waals surface area (Å²) in [6.07, 6.45) is 9.29. The number of piperazine rings is 3. The maximum absolute atomic E-state index is 14.1. The number of ether oxygens (including phenoxy) is 6. The Morgan fingerprint density at radius 1 is 0.411 bits per heavy atom. The Hall–Kier alpha value is -11.0. The van der Waals surface area contributed by atoms with Crippen LogP contribution in [0.15, 0.2) is 182 Å². The van der Waals surface area contributed by atoms with E-state index >= 15 is 0 Å². The van der Waals surface area contributed by atoms with Gasteiger partial charge in [-0.3, -0.25) is 19.3 Å². The van der Waals surface area contributed by atoms with E-state index in [0.717, 1.165) is 230 Å². The Labute approximate surface area is 731 Å². The molecule has 7 aliphatic rings.